The van der Waals surface area contributed by atoms with Gasteiger partial charge in [0, 0.05) is 35.9 Å². The van der Waals surface area contributed by atoms with Gasteiger partial charge < -0.3 is 9.47 Å². The van der Waals surface area contributed by atoms with Gasteiger partial charge in [-0.1, -0.05) is 6.92 Å². The highest BCUT2D eigenvalue weighted by Gasteiger charge is 2.31. The highest BCUT2D eigenvalue weighted by molar-refractivity contribution is 7.08. The molecule has 1 atom stereocenters. The molecular formula is C17H18N4OS. The van der Waals surface area contributed by atoms with Crippen LogP contribution >= 0.6 is 11.3 Å². The Hall–Kier alpha value is -2.34. The van der Waals surface area contributed by atoms with Gasteiger partial charge in [-0.25, -0.2) is 0 Å². The average Bonchev–Trinajstić information content (AvgIpc) is 3.32. The van der Waals surface area contributed by atoms with Crippen LogP contribution < -0.4 is 0 Å². The van der Waals surface area contributed by atoms with Gasteiger partial charge >= 0.3 is 0 Å². The molecule has 0 spiro atoms. The zero-order valence-corrected chi connectivity index (χ0v) is 13.7. The average molecular weight is 326 g/mol. The van der Waals surface area contributed by atoms with Crippen LogP contribution in [0.4, 0.5) is 0 Å². The third-order valence-corrected chi connectivity index (χ3v) is 5.12. The zero-order chi connectivity index (χ0) is 15.8. The van der Waals surface area contributed by atoms with Crippen LogP contribution in [0.2, 0.25) is 0 Å². The molecular weight excluding hydrogens is 308 g/mol. The first kappa shape index (κ1) is 14.3. The first-order valence-electron chi connectivity index (χ1n) is 7.82. The zero-order valence-electron chi connectivity index (χ0n) is 12.9. The highest BCUT2D eigenvalue weighted by atomic mass is 32.1. The van der Waals surface area contributed by atoms with E-state index in [0.717, 1.165) is 30.8 Å². The quantitative estimate of drug-likeness (QED) is 0.800. The molecule has 5 nitrogen and oxygen atoms in total. The molecule has 6 heteroatoms. The number of hydrogen-bond donors (Lipinski definition) is 1. The van der Waals surface area contributed by atoms with Crippen LogP contribution in [0.1, 0.15) is 35.6 Å². The number of aromatic nitrogens is 3. The maximum atomic E-state index is 12.9. The number of fused-ring (bicyclic) bond motifs is 1. The standard InChI is InChI=1S/C17H18N4OS/c1-2-15-16-4-3-6-20(16)7-8-21(15)17(22)14-10-13(18-19-14)12-5-9-23-11-12/h3-6,9-11,15H,2,7-8H2,1H3,(H,18,19). The van der Waals surface area contributed by atoms with Gasteiger partial charge in [0.25, 0.3) is 5.91 Å². The molecule has 3 aromatic rings. The van der Waals surface area contributed by atoms with Crippen molar-refractivity contribution in [1.82, 2.24) is 19.7 Å². The Morgan fingerprint density at radius 1 is 1.43 bits per heavy atom. The normalized spacial score (nSPS) is 17.3. The number of aromatic amines is 1. The molecule has 4 heterocycles. The van der Waals surface area contributed by atoms with Gasteiger partial charge in [0.15, 0.2) is 0 Å². The van der Waals surface area contributed by atoms with Crippen LogP contribution in [0.3, 0.4) is 0 Å². The Labute approximate surface area is 138 Å². The minimum atomic E-state index is 0.0262. The number of rotatable bonds is 3. The topological polar surface area (TPSA) is 53.9 Å². The number of nitrogens with one attached hydrogen (secondary N) is 1. The molecule has 0 aliphatic carbocycles. The molecule has 4 rings (SSSR count). The van der Waals surface area contributed by atoms with E-state index in [1.165, 1.54) is 5.69 Å². The molecule has 0 bridgehead atoms. The number of H-pyrrole nitrogens is 1. The lowest BCUT2D eigenvalue weighted by Crippen LogP contribution is -2.41. The van der Waals surface area contributed by atoms with Crippen molar-refractivity contribution in [3.63, 3.8) is 0 Å². The van der Waals surface area contributed by atoms with Crippen LogP contribution in [-0.4, -0.2) is 32.1 Å². The molecule has 3 aromatic heterocycles. The Bertz CT molecular complexity index is 817. The van der Waals surface area contributed by atoms with Crippen LogP contribution in [0.5, 0.6) is 0 Å². The van der Waals surface area contributed by atoms with E-state index < -0.39 is 0 Å². The van der Waals surface area contributed by atoms with Gasteiger partial charge in [-0.15, -0.1) is 0 Å². The van der Waals surface area contributed by atoms with Crippen molar-refractivity contribution in [2.24, 2.45) is 0 Å². The van der Waals surface area contributed by atoms with Crippen molar-refractivity contribution in [2.45, 2.75) is 25.9 Å². The maximum Gasteiger partial charge on any atom is 0.272 e. The van der Waals surface area contributed by atoms with Gasteiger partial charge in [-0.05, 0) is 36.1 Å². The molecule has 0 saturated heterocycles. The highest BCUT2D eigenvalue weighted by Crippen LogP contribution is 2.30. The van der Waals surface area contributed by atoms with Gasteiger partial charge in [-0.3, -0.25) is 9.89 Å². The largest absolute Gasteiger partial charge is 0.348 e. The summed E-state index contributed by atoms with van der Waals surface area (Å²) in [4.78, 5) is 14.9. The van der Waals surface area contributed by atoms with Crippen molar-refractivity contribution < 1.29 is 4.79 Å². The van der Waals surface area contributed by atoms with E-state index >= 15 is 0 Å². The van der Waals surface area contributed by atoms with Gasteiger partial charge in [0.05, 0.1) is 11.7 Å². The van der Waals surface area contributed by atoms with Crippen molar-refractivity contribution in [3.05, 3.63) is 52.6 Å². The van der Waals surface area contributed by atoms with Crippen molar-refractivity contribution in [3.8, 4) is 11.3 Å². The lowest BCUT2D eigenvalue weighted by atomic mass is 10.1. The summed E-state index contributed by atoms with van der Waals surface area (Å²) < 4.78 is 2.24. The Kier molecular flexibility index (Phi) is 3.53. The van der Waals surface area contributed by atoms with Crippen LogP contribution in [0.25, 0.3) is 11.3 Å². The van der Waals surface area contributed by atoms with Crippen LogP contribution in [0.15, 0.2) is 41.2 Å². The summed E-state index contributed by atoms with van der Waals surface area (Å²) in [5, 5.41) is 11.2. The van der Waals surface area contributed by atoms with Gasteiger partial charge in [0.2, 0.25) is 0 Å². The fourth-order valence-electron chi connectivity index (χ4n) is 3.28. The minimum Gasteiger partial charge on any atom is -0.348 e. The van der Waals surface area contributed by atoms with E-state index in [4.69, 9.17) is 0 Å². The number of nitrogens with zero attached hydrogens (tertiary/aromatic N) is 3. The lowest BCUT2D eigenvalue weighted by Gasteiger charge is -2.36. The monoisotopic (exact) mass is 326 g/mol. The summed E-state index contributed by atoms with van der Waals surface area (Å²) >= 11 is 1.63. The SMILES string of the molecule is CCC1c2cccn2CCN1C(=O)c1cc(-c2ccsc2)n[nH]1. The summed E-state index contributed by atoms with van der Waals surface area (Å²) in [7, 11) is 0. The predicted octanol–water partition coefficient (Wildman–Crippen LogP) is 3.55. The number of carbonyl (C=O) groups excluding carboxylic acids is 1. The second-order valence-electron chi connectivity index (χ2n) is 5.73. The summed E-state index contributed by atoms with van der Waals surface area (Å²) in [6.45, 7) is 3.69. The van der Waals surface area contributed by atoms with Crippen molar-refractivity contribution in [2.75, 3.05) is 6.54 Å². The first-order chi connectivity index (χ1) is 11.3. The molecule has 0 fully saturated rings. The molecule has 1 aliphatic heterocycles. The molecule has 1 unspecified atom stereocenters. The Morgan fingerprint density at radius 2 is 2.35 bits per heavy atom. The third kappa shape index (κ3) is 2.39. The molecule has 0 radical (unpaired) electrons. The number of carbonyl (C=O) groups is 1. The maximum absolute atomic E-state index is 12.9. The summed E-state index contributed by atoms with van der Waals surface area (Å²) in [6, 6.07) is 8.15. The summed E-state index contributed by atoms with van der Waals surface area (Å²) in [6.07, 6.45) is 2.99. The molecule has 23 heavy (non-hydrogen) atoms. The minimum absolute atomic E-state index is 0.0262. The van der Waals surface area contributed by atoms with E-state index in [1.807, 2.05) is 27.8 Å². The fraction of sp³-hybridized carbons (Fsp3) is 0.294. The Morgan fingerprint density at radius 3 is 3.13 bits per heavy atom. The second-order valence-corrected chi connectivity index (χ2v) is 6.51. The van der Waals surface area contributed by atoms with Crippen molar-refractivity contribution in [1.29, 1.82) is 0 Å². The van der Waals surface area contributed by atoms with E-state index in [-0.39, 0.29) is 11.9 Å². The number of amides is 1. The molecule has 1 amide bonds. The number of thiophene rings is 1. The van der Waals surface area contributed by atoms with Crippen molar-refractivity contribution >= 4 is 17.2 Å². The second kappa shape index (κ2) is 5.70. The van der Waals surface area contributed by atoms with E-state index in [9.17, 15) is 4.79 Å². The Balaban J connectivity index is 1.62. The summed E-state index contributed by atoms with van der Waals surface area (Å²) in [5.41, 5.74) is 3.64. The molecule has 0 aromatic carbocycles. The third-order valence-electron chi connectivity index (χ3n) is 4.44. The van der Waals surface area contributed by atoms with Crippen LogP contribution in [-0.2, 0) is 6.54 Å². The van der Waals surface area contributed by atoms with E-state index in [2.05, 4.69) is 40.0 Å². The number of hydrogen-bond acceptors (Lipinski definition) is 3. The van der Waals surface area contributed by atoms with Crippen LogP contribution in [0, 0.1) is 0 Å². The smallest absolute Gasteiger partial charge is 0.272 e. The molecule has 1 N–H and O–H groups in total. The summed E-state index contributed by atoms with van der Waals surface area (Å²) in [5.74, 6) is 0.0262. The van der Waals surface area contributed by atoms with Gasteiger partial charge in [-0.2, -0.15) is 16.4 Å². The molecule has 1 aliphatic rings. The fourth-order valence-corrected chi connectivity index (χ4v) is 3.93. The first-order valence-corrected chi connectivity index (χ1v) is 8.76. The predicted molar refractivity (Wildman–Crippen MR) is 90.4 cm³/mol. The lowest BCUT2D eigenvalue weighted by molar-refractivity contribution is 0.0611. The van der Waals surface area contributed by atoms with E-state index in [1.54, 1.807) is 11.3 Å². The molecule has 0 saturated carbocycles. The molecule has 118 valence electrons. The van der Waals surface area contributed by atoms with Gasteiger partial charge in [0.1, 0.15) is 5.69 Å². The van der Waals surface area contributed by atoms with E-state index in [0.29, 0.717) is 5.69 Å².